The highest BCUT2D eigenvalue weighted by Gasteiger charge is 2.04. The summed E-state index contributed by atoms with van der Waals surface area (Å²) in [6.07, 6.45) is 0. The summed E-state index contributed by atoms with van der Waals surface area (Å²) in [5, 5.41) is 0.553. The molecule has 1 aromatic carbocycles. The van der Waals surface area contributed by atoms with E-state index in [0.717, 1.165) is 0 Å². The molecule has 0 aliphatic heterocycles. The van der Waals surface area contributed by atoms with Crippen molar-refractivity contribution >= 4 is 14.5 Å². The zero-order valence-corrected chi connectivity index (χ0v) is 5.97. The summed E-state index contributed by atoms with van der Waals surface area (Å²) in [6, 6.07) is 8.64. The third-order valence-corrected chi connectivity index (χ3v) is 2.04. The highest BCUT2D eigenvalue weighted by Crippen LogP contribution is 1.82. The lowest BCUT2D eigenvalue weighted by molar-refractivity contribution is 0.352. The molecule has 3 heteroatoms. The summed E-state index contributed by atoms with van der Waals surface area (Å²) in [5.74, 6) is 0. The van der Waals surface area contributed by atoms with Crippen LogP contribution < -0.4 is 5.19 Å². The van der Waals surface area contributed by atoms with Crippen LogP contribution >= 0.6 is 0 Å². The maximum Gasteiger partial charge on any atom is 0.388 e. The van der Waals surface area contributed by atoms with Gasteiger partial charge < -0.3 is 4.80 Å². The van der Waals surface area contributed by atoms with Crippen molar-refractivity contribution in [1.29, 1.82) is 0 Å². The predicted octanol–water partition coefficient (Wildman–Crippen LogP) is -0.463. The van der Waals surface area contributed by atoms with Crippen LogP contribution in [0.25, 0.3) is 0 Å². The number of hydrogen-bond donors (Lipinski definition) is 1. The second-order valence-electron chi connectivity index (χ2n) is 1.76. The molecule has 1 N–H and O–H groups in total. The van der Waals surface area contributed by atoms with Crippen molar-refractivity contribution in [2.75, 3.05) is 0 Å². The van der Waals surface area contributed by atoms with E-state index >= 15 is 0 Å². The Hall–Kier alpha value is -0.643. The molecule has 0 spiro atoms. The number of rotatable bonds is 1. The standard InChI is InChI=1S/C6H7O2Si/c7-9(8)6-4-2-1-3-5-6/h1-5,7,9H. The van der Waals surface area contributed by atoms with Gasteiger partial charge in [0.2, 0.25) is 0 Å². The molecule has 0 aliphatic rings. The molecule has 0 fully saturated rings. The molecular weight excluding hydrogens is 132 g/mol. The van der Waals surface area contributed by atoms with Gasteiger partial charge in [0.05, 0.1) is 0 Å². The van der Waals surface area contributed by atoms with Crippen molar-refractivity contribution in [2.24, 2.45) is 0 Å². The van der Waals surface area contributed by atoms with E-state index in [9.17, 15) is 4.80 Å². The van der Waals surface area contributed by atoms with Gasteiger partial charge in [-0.25, -0.2) is 0 Å². The Morgan fingerprint density at radius 2 is 1.78 bits per heavy atom. The van der Waals surface area contributed by atoms with E-state index in [1.54, 1.807) is 24.3 Å². The third kappa shape index (κ3) is 1.64. The minimum Gasteiger partial charge on any atom is -0.408 e. The van der Waals surface area contributed by atoms with Gasteiger partial charge in [0.15, 0.2) is 0 Å². The van der Waals surface area contributed by atoms with Crippen LogP contribution in [-0.2, 0) is 4.80 Å². The van der Waals surface area contributed by atoms with E-state index in [1.165, 1.54) is 0 Å². The smallest absolute Gasteiger partial charge is 0.388 e. The molecule has 9 heavy (non-hydrogen) atoms. The Morgan fingerprint density at radius 3 is 2.11 bits per heavy atom. The first-order valence-corrected chi connectivity index (χ1v) is 4.26. The number of benzene rings is 1. The normalized spacial score (nSPS) is 10.1. The molecule has 1 rings (SSSR count). The zero-order chi connectivity index (χ0) is 6.69. The molecule has 0 bridgehead atoms. The van der Waals surface area contributed by atoms with E-state index < -0.39 is 9.28 Å². The fourth-order valence-electron chi connectivity index (χ4n) is 0.618. The third-order valence-electron chi connectivity index (χ3n) is 1.08. The molecule has 0 heterocycles. The van der Waals surface area contributed by atoms with Crippen molar-refractivity contribution in [3.8, 4) is 0 Å². The summed E-state index contributed by atoms with van der Waals surface area (Å²) < 4.78 is 0. The van der Waals surface area contributed by atoms with Crippen LogP contribution in [0.3, 0.4) is 0 Å². The first kappa shape index (κ1) is 6.48. The van der Waals surface area contributed by atoms with Crippen LogP contribution in [0.2, 0.25) is 0 Å². The Morgan fingerprint density at radius 1 is 1.22 bits per heavy atom. The molecule has 47 valence electrons. The average Bonchev–Trinajstić information content (AvgIpc) is 1.90. The average molecular weight is 139 g/mol. The summed E-state index contributed by atoms with van der Waals surface area (Å²) in [5.41, 5.74) is 0. The van der Waals surface area contributed by atoms with E-state index in [1.807, 2.05) is 6.07 Å². The van der Waals surface area contributed by atoms with E-state index in [2.05, 4.69) is 0 Å². The molecule has 1 radical (unpaired) electrons. The summed E-state index contributed by atoms with van der Waals surface area (Å²) >= 11 is 0. The molecule has 1 unspecified atom stereocenters. The molecule has 0 saturated heterocycles. The van der Waals surface area contributed by atoms with Gasteiger partial charge in [-0.1, -0.05) is 30.3 Å². The second kappa shape index (κ2) is 2.77. The number of hydrogen-bond acceptors (Lipinski definition) is 1. The first-order chi connectivity index (χ1) is 4.30. The Labute approximate surface area is 55.2 Å². The summed E-state index contributed by atoms with van der Waals surface area (Å²) in [7, 11) is -2.78. The van der Waals surface area contributed by atoms with Crippen molar-refractivity contribution < 1.29 is 9.59 Å². The molecule has 2 nitrogen and oxygen atoms in total. The van der Waals surface area contributed by atoms with Crippen molar-refractivity contribution in [3.05, 3.63) is 30.3 Å². The van der Waals surface area contributed by atoms with Crippen LogP contribution in [0.4, 0.5) is 0 Å². The monoisotopic (exact) mass is 139 g/mol. The van der Waals surface area contributed by atoms with Gasteiger partial charge in [-0.2, -0.15) is 0 Å². The van der Waals surface area contributed by atoms with Gasteiger partial charge in [-0.3, -0.25) is 4.80 Å². The van der Waals surface area contributed by atoms with Gasteiger partial charge in [-0.05, 0) is 5.19 Å². The molecule has 0 saturated carbocycles. The van der Waals surface area contributed by atoms with Crippen LogP contribution in [0.1, 0.15) is 0 Å². The van der Waals surface area contributed by atoms with Crippen molar-refractivity contribution in [2.45, 2.75) is 0 Å². The zero-order valence-electron chi connectivity index (χ0n) is 4.82. The van der Waals surface area contributed by atoms with Crippen LogP contribution in [-0.4, -0.2) is 14.1 Å². The van der Waals surface area contributed by atoms with E-state index in [4.69, 9.17) is 4.80 Å². The fourth-order valence-corrected chi connectivity index (χ4v) is 1.17. The largest absolute Gasteiger partial charge is 0.408 e. The summed E-state index contributed by atoms with van der Waals surface area (Å²) in [4.78, 5) is 19.0. The van der Waals surface area contributed by atoms with Crippen LogP contribution in [0, 0.1) is 0 Å². The first-order valence-electron chi connectivity index (χ1n) is 2.69. The van der Waals surface area contributed by atoms with Gasteiger partial charge in [0, 0.05) is 0 Å². The Kier molecular flexibility index (Phi) is 1.99. The minimum atomic E-state index is -2.78. The van der Waals surface area contributed by atoms with Gasteiger partial charge in [0.1, 0.15) is 0 Å². The lowest BCUT2D eigenvalue weighted by Crippen LogP contribution is -2.27. The molecular formula is C6H7O2Si. The Balaban J connectivity index is 2.85. The summed E-state index contributed by atoms with van der Waals surface area (Å²) in [6.45, 7) is 0. The van der Waals surface area contributed by atoms with Gasteiger partial charge in [-0.15, -0.1) is 0 Å². The van der Waals surface area contributed by atoms with E-state index in [0.29, 0.717) is 5.19 Å². The lowest BCUT2D eigenvalue weighted by atomic mass is 10.4. The van der Waals surface area contributed by atoms with E-state index in [-0.39, 0.29) is 0 Å². The van der Waals surface area contributed by atoms with Crippen molar-refractivity contribution in [3.63, 3.8) is 0 Å². The topological polar surface area (TPSA) is 40.1 Å². The predicted molar refractivity (Wildman–Crippen MR) is 36.1 cm³/mol. The maximum absolute atomic E-state index is 10.4. The highest BCUT2D eigenvalue weighted by molar-refractivity contribution is 6.58. The molecule has 1 aromatic rings. The highest BCUT2D eigenvalue weighted by atomic mass is 28.3. The van der Waals surface area contributed by atoms with Gasteiger partial charge >= 0.3 is 9.28 Å². The SMILES string of the molecule is [O][SiH](O)c1ccccc1. The quantitative estimate of drug-likeness (QED) is 0.525. The second-order valence-corrected chi connectivity index (χ2v) is 3.13. The molecule has 0 aliphatic carbocycles. The molecule has 1 atom stereocenters. The minimum absolute atomic E-state index is 0.553. The van der Waals surface area contributed by atoms with Gasteiger partial charge in [0.25, 0.3) is 0 Å². The van der Waals surface area contributed by atoms with Crippen LogP contribution in [0.5, 0.6) is 0 Å². The lowest BCUT2D eigenvalue weighted by Gasteiger charge is -1.94. The Bertz CT molecular complexity index is 174. The van der Waals surface area contributed by atoms with Crippen LogP contribution in [0.15, 0.2) is 30.3 Å². The van der Waals surface area contributed by atoms with Crippen molar-refractivity contribution in [1.82, 2.24) is 0 Å². The molecule has 0 aromatic heterocycles. The fraction of sp³-hybridized carbons (Fsp3) is 0. The molecule has 0 amide bonds. The maximum atomic E-state index is 10.4.